The maximum absolute atomic E-state index is 15.2. The first-order chi connectivity index (χ1) is 60.3. The zero-order chi connectivity index (χ0) is 91.8. The van der Waals surface area contributed by atoms with E-state index in [1.165, 1.54) is 64.2 Å². The van der Waals surface area contributed by atoms with Gasteiger partial charge in [0.1, 0.15) is 48.7 Å². The lowest BCUT2D eigenvalue weighted by atomic mass is 9.95. The fraction of sp³-hybridized carbons (Fsp3) is 0.918. The molecule has 0 spiro atoms. The number of unbranched alkanes of at least 4 members (excludes halogenated alkanes) is 49. The van der Waals surface area contributed by atoms with Crippen molar-refractivity contribution in [3.05, 3.63) is 12.2 Å². The smallest absolute Gasteiger partial charge is 0.462 e. The van der Waals surface area contributed by atoms with E-state index in [0.717, 1.165) is 263 Å². The summed E-state index contributed by atoms with van der Waals surface area (Å²) in [6, 6.07) is -3.67. The highest BCUT2D eigenvalue weighted by atomic mass is 31.2. The number of phosphoric acid groups is 1. The van der Waals surface area contributed by atoms with E-state index in [9.17, 15) is 63.4 Å². The van der Waals surface area contributed by atoms with E-state index in [4.69, 9.17) is 42.2 Å². The number of aliphatic hydroxyl groups excluding tert-OH is 4. The van der Waals surface area contributed by atoms with Crippen molar-refractivity contribution in [1.29, 1.82) is 0 Å². The minimum absolute atomic E-state index is 0.0861. The third-order valence-corrected chi connectivity index (χ3v) is 25.2. The second kappa shape index (κ2) is 77.0. The minimum atomic E-state index is -5.67. The maximum atomic E-state index is 15.2. The van der Waals surface area contributed by atoms with Gasteiger partial charge >= 0.3 is 39.3 Å². The molecule has 28 heteroatoms. The normalized spacial score (nSPS) is 20.7. The lowest BCUT2D eigenvalue weighted by molar-refractivity contribution is -0.296. The topological polar surface area (TPSA) is 385 Å². The molecule has 5 unspecified atom stereocenters. The molecular formula is C97H182N2O24P2. The van der Waals surface area contributed by atoms with Crippen molar-refractivity contribution < 1.29 is 115 Å². The molecule has 125 heavy (non-hydrogen) atoms. The summed E-state index contributed by atoms with van der Waals surface area (Å²) in [6.07, 6.45) is 39.6. The van der Waals surface area contributed by atoms with Crippen LogP contribution in [-0.4, -0.2) is 176 Å². The zero-order valence-corrected chi connectivity index (χ0v) is 81.1. The number of allylic oxidation sites excluding steroid dienone is 2. The van der Waals surface area contributed by atoms with Crippen molar-refractivity contribution >= 4 is 51.1 Å². The van der Waals surface area contributed by atoms with Crippen molar-refractivity contribution in [3.63, 3.8) is 0 Å². The highest BCUT2D eigenvalue weighted by Crippen LogP contribution is 2.44. The fourth-order valence-corrected chi connectivity index (χ4v) is 17.8. The minimum Gasteiger partial charge on any atom is -0.462 e. The number of rotatable bonds is 85. The largest absolute Gasteiger partial charge is 0.470 e. The Morgan fingerprint density at radius 2 is 0.688 bits per heavy atom. The Labute approximate surface area is 756 Å². The van der Waals surface area contributed by atoms with Gasteiger partial charge in [0.15, 0.2) is 24.8 Å². The van der Waals surface area contributed by atoms with Gasteiger partial charge < -0.3 is 78.9 Å². The number of carbonyl (C=O) groups is 6. The molecule has 0 aliphatic carbocycles. The molecule has 2 amide bonds. The number of esters is 4. The van der Waals surface area contributed by atoms with Crippen LogP contribution in [0.15, 0.2) is 12.2 Å². The molecule has 0 aromatic rings. The van der Waals surface area contributed by atoms with E-state index in [1.807, 2.05) is 0 Å². The standard InChI is InChI=1S/C97H182N2O24P2/c1-8-14-20-26-32-38-39-40-41-47-53-59-64-70-86(105)116-80(68-62-56-50-44-35-29-23-17-11-4)74-85(104)99-91-95(121-89(108)75-81(69-63-57-51-45-36-30-24-18-12-5)117-87(106)71-65-58-52-46-37-31-25-19-13-6)93(122-125(112,113)114)82(76-100)118-96(91)115-77-83-92(109)94(120-88(107)73-79(102)67-61-55-49-43-34-28-22-16-10-3)90(97(119-83)123-124(7,110)111)98-84(103)72-78(101)66-60-54-48-42-33-27-21-15-9-2/h38-39,78-83,90-97,100-102,109H,8-37,40-77H2,1-7H3,(H,98,103)(H,99,104)(H,110,111)(H2,112,113,114)/b39-38-/t78-,79-,80-,81-,82?,83?,90?,91?,92-,93-,94-,95-,96-,97-/m1/s1. The molecule has 734 valence electrons. The first-order valence-corrected chi connectivity index (χ1v) is 54.2. The van der Waals surface area contributed by atoms with E-state index in [1.54, 1.807) is 0 Å². The summed E-state index contributed by atoms with van der Waals surface area (Å²) in [7, 11) is -10.4. The molecule has 2 saturated heterocycles. The molecule has 0 saturated carbocycles. The Kier molecular flexibility index (Phi) is 72.5. The zero-order valence-electron chi connectivity index (χ0n) is 79.3. The molecule has 0 radical (unpaired) electrons. The van der Waals surface area contributed by atoms with Crippen molar-refractivity contribution in [2.24, 2.45) is 0 Å². The molecule has 9 N–H and O–H groups in total. The maximum Gasteiger partial charge on any atom is 0.470 e. The molecule has 15 atom stereocenters. The summed E-state index contributed by atoms with van der Waals surface area (Å²) in [4.78, 5) is 119. The van der Waals surface area contributed by atoms with Gasteiger partial charge in [0.2, 0.25) is 11.8 Å². The van der Waals surface area contributed by atoms with Crippen LogP contribution in [0.4, 0.5) is 0 Å². The first kappa shape index (κ1) is 118. The van der Waals surface area contributed by atoms with Crippen molar-refractivity contribution in [1.82, 2.24) is 10.6 Å². The number of carbonyl (C=O) groups excluding carboxylic acids is 6. The molecular weight excluding hydrogens is 1640 g/mol. The third kappa shape index (κ3) is 63.3. The summed E-state index contributed by atoms with van der Waals surface area (Å²) in [5, 5.41) is 51.8. The van der Waals surface area contributed by atoms with Gasteiger partial charge in [-0.15, -0.1) is 0 Å². The number of phosphoric ester groups is 1. The fourth-order valence-electron chi connectivity index (χ4n) is 16.7. The van der Waals surface area contributed by atoms with E-state index in [0.29, 0.717) is 38.5 Å². The Balaban J connectivity index is 2.84. The summed E-state index contributed by atoms with van der Waals surface area (Å²) < 4.78 is 81.5. The Hall–Kier alpha value is -3.46. The summed E-state index contributed by atoms with van der Waals surface area (Å²) in [6.45, 7) is 11.9. The van der Waals surface area contributed by atoms with Crippen LogP contribution in [-0.2, 0) is 80.1 Å². The van der Waals surface area contributed by atoms with Gasteiger partial charge in [-0.25, -0.2) is 4.57 Å². The molecule has 2 fully saturated rings. The molecule has 0 bridgehead atoms. The average Bonchev–Trinajstić information content (AvgIpc) is 0.778. The second-order valence-corrected chi connectivity index (χ2v) is 39.2. The predicted molar refractivity (Wildman–Crippen MR) is 493 cm³/mol. The van der Waals surface area contributed by atoms with Crippen LogP contribution in [0, 0.1) is 0 Å². The average molecular weight is 1820 g/mol. The van der Waals surface area contributed by atoms with Gasteiger partial charge in [0.25, 0.3) is 0 Å². The summed E-state index contributed by atoms with van der Waals surface area (Å²) in [5.41, 5.74) is 0. The number of hydrogen-bond acceptors (Lipinski definition) is 21. The highest BCUT2D eigenvalue weighted by molar-refractivity contribution is 7.51. The lowest BCUT2D eigenvalue weighted by Crippen LogP contribution is -2.68. The van der Waals surface area contributed by atoms with Gasteiger partial charge in [0.05, 0.1) is 51.1 Å². The van der Waals surface area contributed by atoms with Crippen LogP contribution in [0.5, 0.6) is 0 Å². The third-order valence-electron chi connectivity index (χ3n) is 24.1. The van der Waals surface area contributed by atoms with E-state index < -0.39 is 176 Å². The van der Waals surface area contributed by atoms with Gasteiger partial charge in [-0.05, 0) is 77.0 Å². The molecule has 2 rings (SSSR count). The van der Waals surface area contributed by atoms with Crippen molar-refractivity contribution in [2.45, 2.75) is 551 Å². The van der Waals surface area contributed by atoms with E-state index in [2.05, 4.69) is 64.3 Å². The Morgan fingerprint density at radius 1 is 0.368 bits per heavy atom. The van der Waals surface area contributed by atoms with Crippen LogP contribution >= 0.6 is 15.4 Å². The van der Waals surface area contributed by atoms with Crippen LogP contribution < -0.4 is 10.6 Å². The summed E-state index contributed by atoms with van der Waals surface area (Å²) >= 11 is 0. The van der Waals surface area contributed by atoms with Gasteiger partial charge in [-0.1, -0.05) is 362 Å². The first-order valence-electron chi connectivity index (χ1n) is 50.6. The molecule has 0 aromatic carbocycles. The van der Waals surface area contributed by atoms with Crippen LogP contribution in [0.25, 0.3) is 0 Å². The molecule has 0 aromatic heterocycles. The predicted octanol–water partition coefficient (Wildman–Crippen LogP) is 21.9. The number of aliphatic hydroxyl groups is 4. The number of nitrogens with one attached hydrogen (secondary N) is 2. The van der Waals surface area contributed by atoms with Crippen LogP contribution in [0.3, 0.4) is 0 Å². The lowest BCUT2D eigenvalue weighted by Gasteiger charge is -2.47. The number of ether oxygens (including phenoxy) is 7. The van der Waals surface area contributed by atoms with E-state index in [-0.39, 0.29) is 38.5 Å². The quantitative estimate of drug-likeness (QED) is 0.00898. The highest BCUT2D eigenvalue weighted by Gasteiger charge is 2.55. The molecule has 2 aliphatic rings. The Bertz CT molecular complexity index is 2800. The second-order valence-electron chi connectivity index (χ2n) is 36.2. The van der Waals surface area contributed by atoms with Gasteiger partial charge in [-0.2, -0.15) is 0 Å². The molecule has 2 heterocycles. The van der Waals surface area contributed by atoms with E-state index >= 15 is 9.59 Å². The number of hydrogen-bond donors (Lipinski definition) is 9. The monoisotopic (exact) mass is 1820 g/mol. The van der Waals surface area contributed by atoms with Gasteiger partial charge in [0, 0.05) is 19.5 Å². The number of amides is 2. The SMILES string of the molecule is CCCCCC/C=C\CCCCCCCC(=O)O[C@H](CCCCCCCCCCC)CC(=O)NC1[C@H](OCC2O[C@H](OP(C)(=O)O)C(NC(=O)C[C@H](O)CCCCCCCCCCC)[C@@H](OC(=O)C[C@H](O)CCCCCCCCCCC)[C@@H]2O)OC(CO)[C@@H](OP(=O)(O)O)[C@@H]1OC(=O)C[C@@H](CCCCCCCCCCC)OC(=O)CCCCCCCCCCC. The van der Waals surface area contributed by atoms with Gasteiger partial charge in [-0.3, -0.25) is 42.4 Å². The van der Waals surface area contributed by atoms with Crippen molar-refractivity contribution in [2.75, 3.05) is 19.9 Å². The van der Waals surface area contributed by atoms with Crippen molar-refractivity contribution in [3.8, 4) is 0 Å². The summed E-state index contributed by atoms with van der Waals surface area (Å²) in [5.74, 6) is -4.84. The van der Waals surface area contributed by atoms with Crippen LogP contribution in [0.2, 0.25) is 0 Å². The van der Waals surface area contributed by atoms with Crippen LogP contribution in [0.1, 0.15) is 465 Å². The Morgan fingerprint density at radius 3 is 1.08 bits per heavy atom. The molecule has 26 nitrogen and oxygen atoms in total. The molecule has 2 aliphatic heterocycles.